The van der Waals surface area contributed by atoms with Gasteiger partial charge < -0.3 is 9.84 Å². The van der Waals surface area contributed by atoms with Crippen LogP contribution in [0, 0.1) is 0 Å². The van der Waals surface area contributed by atoms with Crippen molar-refractivity contribution in [2.45, 2.75) is 6.18 Å². The number of rotatable bonds is 2. The zero-order valence-electron chi connectivity index (χ0n) is 8.98. The van der Waals surface area contributed by atoms with Crippen molar-refractivity contribution in [3.8, 4) is 17.4 Å². The van der Waals surface area contributed by atoms with Gasteiger partial charge >= 0.3 is 6.18 Å². The second-order valence-electron chi connectivity index (χ2n) is 3.45. The molecule has 1 aromatic carbocycles. The van der Waals surface area contributed by atoms with E-state index in [-0.39, 0.29) is 17.4 Å². The quantitative estimate of drug-likeness (QED) is 0.891. The van der Waals surface area contributed by atoms with Crippen molar-refractivity contribution in [2.75, 3.05) is 0 Å². The number of pyridine rings is 1. The second-order valence-corrected chi connectivity index (χ2v) is 3.45. The van der Waals surface area contributed by atoms with E-state index < -0.39 is 11.7 Å². The summed E-state index contributed by atoms with van der Waals surface area (Å²) in [6, 6.07) is 7.56. The topological polar surface area (TPSA) is 42.4 Å². The Morgan fingerprint density at radius 1 is 1.11 bits per heavy atom. The first-order valence-electron chi connectivity index (χ1n) is 4.96. The van der Waals surface area contributed by atoms with Gasteiger partial charge in [0, 0.05) is 12.3 Å². The molecule has 0 amide bonds. The summed E-state index contributed by atoms with van der Waals surface area (Å²) in [6.45, 7) is 0. The Bertz CT molecular complexity index is 555. The number of alkyl halides is 3. The molecule has 1 heterocycles. The molecule has 2 rings (SSSR count). The number of halogens is 3. The molecule has 3 nitrogen and oxygen atoms in total. The largest absolute Gasteiger partial charge is 0.504 e. The minimum absolute atomic E-state index is 0.0457. The van der Waals surface area contributed by atoms with Gasteiger partial charge in [0.25, 0.3) is 0 Å². The van der Waals surface area contributed by atoms with E-state index in [1.165, 1.54) is 12.1 Å². The molecule has 1 aromatic heterocycles. The number of phenols is 1. The molecule has 1 N–H and O–H groups in total. The first-order valence-corrected chi connectivity index (χ1v) is 4.96. The van der Waals surface area contributed by atoms with Crippen molar-refractivity contribution in [2.24, 2.45) is 0 Å². The highest BCUT2D eigenvalue weighted by Crippen LogP contribution is 2.33. The zero-order valence-corrected chi connectivity index (χ0v) is 8.98. The Kier molecular flexibility index (Phi) is 3.10. The monoisotopic (exact) mass is 255 g/mol. The molecule has 0 saturated heterocycles. The molecule has 2 aromatic rings. The van der Waals surface area contributed by atoms with Crippen LogP contribution in [0.3, 0.4) is 0 Å². The lowest BCUT2D eigenvalue weighted by Crippen LogP contribution is -2.05. The molecule has 0 fully saturated rings. The Morgan fingerprint density at radius 3 is 2.50 bits per heavy atom. The van der Waals surface area contributed by atoms with Crippen molar-refractivity contribution >= 4 is 0 Å². The number of aromatic nitrogens is 1. The van der Waals surface area contributed by atoms with E-state index in [1.807, 2.05) is 0 Å². The van der Waals surface area contributed by atoms with Crippen molar-refractivity contribution in [1.82, 2.24) is 4.98 Å². The fourth-order valence-corrected chi connectivity index (χ4v) is 1.30. The Morgan fingerprint density at radius 2 is 1.83 bits per heavy atom. The minimum atomic E-state index is -4.46. The molecule has 0 spiro atoms. The molecule has 18 heavy (non-hydrogen) atoms. The summed E-state index contributed by atoms with van der Waals surface area (Å²) in [5, 5.41) is 9.43. The van der Waals surface area contributed by atoms with Crippen LogP contribution in [0.2, 0.25) is 0 Å². The molecule has 0 aliphatic rings. The fraction of sp³-hybridized carbons (Fsp3) is 0.0833. The molecule has 6 heteroatoms. The first kappa shape index (κ1) is 12.2. The maximum absolute atomic E-state index is 12.5. The van der Waals surface area contributed by atoms with Crippen molar-refractivity contribution < 1.29 is 23.0 Å². The average molecular weight is 255 g/mol. The van der Waals surface area contributed by atoms with Crippen LogP contribution in [-0.4, -0.2) is 10.1 Å². The molecule has 0 saturated carbocycles. The van der Waals surface area contributed by atoms with Gasteiger partial charge in [-0.1, -0.05) is 12.1 Å². The Labute approximate surface area is 100 Å². The predicted molar refractivity (Wildman–Crippen MR) is 57.4 cm³/mol. The minimum Gasteiger partial charge on any atom is -0.504 e. The second kappa shape index (κ2) is 4.56. The summed E-state index contributed by atoms with van der Waals surface area (Å²) in [6.07, 6.45) is -3.46. The highest BCUT2D eigenvalue weighted by atomic mass is 19.4. The van der Waals surface area contributed by atoms with E-state index in [0.717, 1.165) is 18.3 Å². The van der Waals surface area contributed by atoms with Crippen LogP contribution in [0.1, 0.15) is 5.56 Å². The number of benzene rings is 1. The Hall–Kier alpha value is -2.24. The van der Waals surface area contributed by atoms with Crippen LogP contribution in [0.5, 0.6) is 17.4 Å². The van der Waals surface area contributed by atoms with Crippen LogP contribution in [0.15, 0.2) is 42.6 Å². The number of ether oxygens (including phenoxy) is 1. The van der Waals surface area contributed by atoms with Gasteiger partial charge in [-0.2, -0.15) is 13.2 Å². The van der Waals surface area contributed by atoms with E-state index in [4.69, 9.17) is 4.74 Å². The molecule has 0 radical (unpaired) electrons. The number of nitrogens with zero attached hydrogens (tertiary/aromatic N) is 1. The normalized spacial score (nSPS) is 11.3. The molecule has 94 valence electrons. The van der Waals surface area contributed by atoms with Gasteiger partial charge in [-0.3, -0.25) is 0 Å². The van der Waals surface area contributed by atoms with Gasteiger partial charge in [0.1, 0.15) is 0 Å². The van der Waals surface area contributed by atoms with Crippen molar-refractivity contribution in [1.29, 1.82) is 0 Å². The molecular weight excluding hydrogens is 247 g/mol. The highest BCUT2D eigenvalue weighted by molar-refractivity contribution is 5.40. The summed E-state index contributed by atoms with van der Waals surface area (Å²) in [7, 11) is 0. The van der Waals surface area contributed by atoms with E-state index >= 15 is 0 Å². The number of phenolic OH excluding ortho intramolecular Hbond substituents is 1. The number of para-hydroxylation sites is 2. The number of hydrogen-bond donors (Lipinski definition) is 1. The molecular formula is C12H8F3NO2. The van der Waals surface area contributed by atoms with Gasteiger partial charge in [0.15, 0.2) is 11.5 Å². The van der Waals surface area contributed by atoms with Crippen LogP contribution in [0.4, 0.5) is 13.2 Å². The van der Waals surface area contributed by atoms with E-state index in [0.29, 0.717) is 0 Å². The zero-order chi connectivity index (χ0) is 13.2. The molecule has 0 bridgehead atoms. The lowest BCUT2D eigenvalue weighted by atomic mass is 10.2. The van der Waals surface area contributed by atoms with Crippen LogP contribution in [-0.2, 0) is 6.18 Å². The first-order chi connectivity index (χ1) is 8.47. The van der Waals surface area contributed by atoms with Crippen molar-refractivity contribution in [3.63, 3.8) is 0 Å². The predicted octanol–water partition coefficient (Wildman–Crippen LogP) is 3.60. The van der Waals surface area contributed by atoms with Gasteiger partial charge in [0.05, 0.1) is 5.56 Å². The molecule has 0 unspecified atom stereocenters. The van der Waals surface area contributed by atoms with E-state index in [9.17, 15) is 18.3 Å². The van der Waals surface area contributed by atoms with Crippen LogP contribution < -0.4 is 4.74 Å². The van der Waals surface area contributed by atoms with Gasteiger partial charge in [-0.15, -0.1) is 0 Å². The third kappa shape index (κ3) is 2.71. The van der Waals surface area contributed by atoms with Crippen molar-refractivity contribution in [3.05, 3.63) is 48.2 Å². The fourth-order valence-electron chi connectivity index (χ4n) is 1.30. The maximum atomic E-state index is 12.5. The molecule has 0 aliphatic heterocycles. The maximum Gasteiger partial charge on any atom is 0.416 e. The van der Waals surface area contributed by atoms with Crippen LogP contribution >= 0.6 is 0 Å². The summed E-state index contributed by atoms with van der Waals surface area (Å²) in [4.78, 5) is 3.66. The standard InChI is InChI=1S/C12H8F3NO2/c13-12(14,15)8-5-6-16-11(7-8)18-10-4-2-1-3-9(10)17/h1-7,17H. The summed E-state index contributed by atoms with van der Waals surface area (Å²) in [5.41, 5.74) is -0.858. The molecule has 0 aliphatic carbocycles. The average Bonchev–Trinajstić information content (AvgIpc) is 2.31. The number of aromatic hydroxyl groups is 1. The SMILES string of the molecule is Oc1ccccc1Oc1cc(C(F)(F)F)ccn1. The van der Waals surface area contributed by atoms with Gasteiger partial charge in [-0.05, 0) is 18.2 Å². The smallest absolute Gasteiger partial charge is 0.416 e. The molecule has 0 atom stereocenters. The third-order valence-corrected chi connectivity index (χ3v) is 2.14. The Balaban J connectivity index is 2.28. The lowest BCUT2D eigenvalue weighted by molar-refractivity contribution is -0.137. The summed E-state index contributed by atoms with van der Waals surface area (Å²) < 4.78 is 42.4. The number of hydrogen-bond acceptors (Lipinski definition) is 3. The summed E-state index contributed by atoms with van der Waals surface area (Å²) in [5.74, 6) is -0.354. The van der Waals surface area contributed by atoms with Gasteiger partial charge in [-0.25, -0.2) is 4.98 Å². The highest BCUT2D eigenvalue weighted by Gasteiger charge is 2.31. The van der Waals surface area contributed by atoms with E-state index in [2.05, 4.69) is 4.98 Å². The van der Waals surface area contributed by atoms with Gasteiger partial charge in [0.2, 0.25) is 5.88 Å². The third-order valence-electron chi connectivity index (χ3n) is 2.14. The summed E-state index contributed by atoms with van der Waals surface area (Å²) >= 11 is 0. The lowest BCUT2D eigenvalue weighted by Gasteiger charge is -2.09. The van der Waals surface area contributed by atoms with E-state index in [1.54, 1.807) is 12.1 Å². The van der Waals surface area contributed by atoms with Crippen LogP contribution in [0.25, 0.3) is 0 Å².